The molecule has 1 unspecified atom stereocenters. The molecule has 0 radical (unpaired) electrons. The normalized spacial score (nSPS) is 17.6. The highest BCUT2D eigenvalue weighted by atomic mass is 32.2. The number of benzene rings is 7. The van der Waals surface area contributed by atoms with Crippen LogP contribution in [0.3, 0.4) is 0 Å². The van der Waals surface area contributed by atoms with Gasteiger partial charge in [0.1, 0.15) is 49.8 Å². The molecule has 91 heavy (non-hydrogen) atoms. The molecule has 24 nitrogen and oxygen atoms in total. The third-order valence-corrected chi connectivity index (χ3v) is 20.0. The molecule has 0 bridgehead atoms. The van der Waals surface area contributed by atoms with Crippen molar-refractivity contribution in [2.45, 2.75) is 110 Å². The molecule has 1 spiro atoms. The second-order valence-electron chi connectivity index (χ2n) is 22.6. The molecule has 1 atom stereocenters. The van der Waals surface area contributed by atoms with Crippen molar-refractivity contribution in [3.05, 3.63) is 166 Å². The average Bonchev–Trinajstić information content (AvgIpc) is 1.67. The first-order valence-electron chi connectivity index (χ1n) is 28.4. The molecule has 7 aromatic rings. The van der Waals surface area contributed by atoms with Crippen LogP contribution in [0, 0.1) is 0 Å². The average molecular weight is 1340 g/mol. The molecule has 4 aliphatic rings. The maximum atomic E-state index is 14.0. The SMILES string of the molecule is CCOc1ccc2c(c1CNC(=O)CCCCC[N+]1=C(/C=C/C=C3/N(CC)c4cc(S(=O)(=O)[O-])c5cc(S(=O)(=O)[O-])ccc5c4C3(C)C)C(C)(C)c3c1cc(SOO[O-])c1cc(SOO[O-])ccc31)Oc1cc(OP(=O)(O)O)ccc1C21OC(=O)c2ccccc21. The van der Waals surface area contributed by atoms with Gasteiger partial charge in [-0.3, -0.25) is 24.7 Å². The molecule has 29 heteroatoms. The van der Waals surface area contributed by atoms with E-state index in [1.54, 1.807) is 55.5 Å². The Morgan fingerprint density at radius 3 is 2.23 bits per heavy atom. The third kappa shape index (κ3) is 12.0. The van der Waals surface area contributed by atoms with Crippen LogP contribution in [0.25, 0.3) is 21.5 Å². The van der Waals surface area contributed by atoms with E-state index in [0.717, 1.165) is 34.5 Å². The van der Waals surface area contributed by atoms with Crippen molar-refractivity contribution in [3.8, 4) is 23.0 Å². The quantitative estimate of drug-likeness (QED) is 0.00784. The zero-order valence-electron chi connectivity index (χ0n) is 49.3. The van der Waals surface area contributed by atoms with Gasteiger partial charge in [0.2, 0.25) is 11.6 Å². The highest BCUT2D eigenvalue weighted by Gasteiger charge is 2.55. The number of nitrogens with one attached hydrogen (secondary N) is 1. The number of allylic oxidation sites excluding steroid dienone is 4. The lowest BCUT2D eigenvalue weighted by Crippen LogP contribution is -2.34. The van der Waals surface area contributed by atoms with Gasteiger partial charge in [-0.05, 0) is 129 Å². The van der Waals surface area contributed by atoms with Crippen LogP contribution in [0.1, 0.15) is 111 Å². The van der Waals surface area contributed by atoms with Crippen molar-refractivity contribution in [1.82, 2.24) is 5.32 Å². The number of hydrogen-bond acceptors (Lipinski definition) is 22. The Morgan fingerprint density at radius 2 is 1.52 bits per heavy atom. The van der Waals surface area contributed by atoms with Gasteiger partial charge >= 0.3 is 13.8 Å². The standard InChI is InChI=1S/C62H60N3O21PS4/c1-7-64-48-33-52(91(76,77)78)42-31-37(90(73,74)75)22-24-39(42)57(48)60(3,4)53(64)17-14-18-54-61(5,6)56-38-23-21-36(88-85-83-68)30-41(38)51(89-86-84-69)32-47(56)65(54)28-13-9-10-19-55(66)63-34-43-49(79-8-2)27-26-46-58(43)80-50-29-35(82-87(70,71)72)20-25-45(50)62(46)44-16-12-11-15-40(44)59(67)81-62/h11-12,14-18,20-27,29-33H,7-10,13,19,28,34H2,1-6H3,(H6-,63,66,68,69,70,71,72,73,74,75,76,77,78)/p-3. The van der Waals surface area contributed by atoms with E-state index in [9.17, 15) is 60.4 Å². The van der Waals surface area contributed by atoms with Crippen LogP contribution in [-0.4, -0.2) is 77.6 Å². The van der Waals surface area contributed by atoms with Gasteiger partial charge in [0.25, 0.3) is 0 Å². The van der Waals surface area contributed by atoms with Gasteiger partial charge in [-0.1, -0.05) is 50.3 Å². The number of esters is 1. The zero-order chi connectivity index (χ0) is 65.2. The highest BCUT2D eigenvalue weighted by molar-refractivity contribution is 7.95. The Hall–Kier alpha value is -7.22. The minimum Gasteiger partial charge on any atom is -0.744 e. The Balaban J connectivity index is 0.896. The highest BCUT2D eigenvalue weighted by Crippen LogP contribution is 2.59. The molecule has 478 valence electrons. The molecule has 0 fully saturated rings. The van der Waals surface area contributed by atoms with Crippen molar-refractivity contribution >= 4 is 103 Å². The summed E-state index contributed by atoms with van der Waals surface area (Å²) >= 11 is 1.36. The molecular formula is C62H57N3O21PS4-3. The largest absolute Gasteiger partial charge is 0.744 e. The van der Waals surface area contributed by atoms with E-state index in [1.165, 1.54) is 30.3 Å². The minimum absolute atomic E-state index is 0.0690. The number of phosphoric ester groups is 1. The monoisotopic (exact) mass is 1340 g/mol. The molecule has 0 aromatic heterocycles. The maximum Gasteiger partial charge on any atom is 0.524 e. The zero-order valence-corrected chi connectivity index (χ0v) is 53.5. The van der Waals surface area contributed by atoms with E-state index in [0.29, 0.717) is 122 Å². The number of anilines is 1. The molecule has 3 N–H and O–H groups in total. The summed E-state index contributed by atoms with van der Waals surface area (Å²) < 4.78 is 122. The number of likely N-dealkylation sites (N-methyl/N-ethyl adjacent to an activating group) is 1. The Labute approximate surface area is 530 Å². The summed E-state index contributed by atoms with van der Waals surface area (Å²) in [5, 5.41) is 34.0. The van der Waals surface area contributed by atoms with Crippen LogP contribution in [-0.2, 0) is 76.1 Å². The van der Waals surface area contributed by atoms with E-state index in [4.69, 9.17) is 23.1 Å². The van der Waals surface area contributed by atoms with Crippen LogP contribution in [0.5, 0.6) is 23.0 Å². The number of hydrogen-bond donors (Lipinski definition) is 3. The molecule has 11 rings (SSSR count). The molecule has 0 saturated heterocycles. The molecule has 1 amide bonds. The summed E-state index contributed by atoms with van der Waals surface area (Å²) in [6.45, 7) is 12.4. The lowest BCUT2D eigenvalue weighted by atomic mass is 9.77. The number of carbonyl (C=O) groups is 2. The topological polar surface area (TPSA) is 344 Å². The van der Waals surface area contributed by atoms with Gasteiger partial charge in [-0.2, -0.15) is 13.2 Å². The molecule has 7 aromatic carbocycles. The number of ether oxygens (including phenoxy) is 3. The second kappa shape index (κ2) is 25.0. The van der Waals surface area contributed by atoms with Crippen molar-refractivity contribution in [1.29, 1.82) is 0 Å². The van der Waals surface area contributed by atoms with Crippen LogP contribution in [0.2, 0.25) is 0 Å². The van der Waals surface area contributed by atoms with Crippen molar-refractivity contribution in [2.24, 2.45) is 0 Å². The van der Waals surface area contributed by atoms with E-state index in [1.807, 2.05) is 69.9 Å². The lowest BCUT2D eigenvalue weighted by Gasteiger charge is -2.37. The van der Waals surface area contributed by atoms with Crippen molar-refractivity contribution in [3.63, 3.8) is 0 Å². The van der Waals surface area contributed by atoms with E-state index in [2.05, 4.69) is 24.3 Å². The summed E-state index contributed by atoms with van der Waals surface area (Å²) in [5.74, 6) is -0.533. The molecule has 4 heterocycles. The third-order valence-electron chi connectivity index (χ3n) is 16.7. The van der Waals surface area contributed by atoms with Crippen LogP contribution in [0.4, 0.5) is 11.4 Å². The summed E-state index contributed by atoms with van der Waals surface area (Å²) in [6.07, 6.45) is 7.33. The molecular weight excluding hydrogens is 1280 g/mol. The predicted octanol–water partition coefficient (Wildman–Crippen LogP) is 9.21. The van der Waals surface area contributed by atoms with Gasteiger partial charge in [-0.25, -0.2) is 26.2 Å². The number of amides is 1. The second-order valence-corrected chi connectivity index (χ2v) is 28.0. The molecule has 4 aliphatic heterocycles. The van der Waals surface area contributed by atoms with Crippen LogP contribution < -0.4 is 34.7 Å². The number of rotatable bonds is 23. The first-order chi connectivity index (χ1) is 43.2. The Kier molecular flexibility index (Phi) is 17.9. The number of fused-ring (bicyclic) bond motifs is 12. The fraction of sp³-hybridized carbons (Fsp3) is 0.274. The smallest absolute Gasteiger partial charge is 0.524 e. The van der Waals surface area contributed by atoms with Crippen molar-refractivity contribution < 1.29 is 102 Å². The lowest BCUT2D eigenvalue weighted by molar-refractivity contribution is -0.777. The number of nitrogens with zero attached hydrogens (tertiary/aromatic N) is 2. The van der Waals surface area contributed by atoms with Crippen molar-refractivity contribution in [2.75, 3.05) is 24.6 Å². The van der Waals surface area contributed by atoms with E-state index in [-0.39, 0.29) is 53.5 Å². The number of phosphoric acid groups is 1. The molecule has 0 aliphatic carbocycles. The summed E-state index contributed by atoms with van der Waals surface area (Å²) in [7, 11) is -15.2. The summed E-state index contributed by atoms with van der Waals surface area (Å²) in [5.41, 5.74) is 2.91. The van der Waals surface area contributed by atoms with Gasteiger partial charge in [0.15, 0.2) is 11.3 Å². The van der Waals surface area contributed by atoms with Gasteiger partial charge in [0, 0.05) is 86.9 Å². The maximum absolute atomic E-state index is 14.0. The predicted molar refractivity (Wildman–Crippen MR) is 325 cm³/mol. The van der Waals surface area contributed by atoms with Gasteiger partial charge in [-0.15, -0.1) is 0 Å². The fourth-order valence-electron chi connectivity index (χ4n) is 13.1. The first-order valence-corrected chi connectivity index (χ1v) is 34.2. The Bertz CT molecular complexity index is 4550. The van der Waals surface area contributed by atoms with Gasteiger partial charge < -0.3 is 48.6 Å². The number of carbonyl (C=O) groups excluding carboxylic acids is 2. The Morgan fingerprint density at radius 1 is 0.791 bits per heavy atom. The molecule has 0 saturated carbocycles. The number of unbranched alkanes of at least 4 members (excludes halogenated alkanes) is 2. The van der Waals surface area contributed by atoms with Crippen LogP contribution in [0.15, 0.2) is 147 Å². The van der Waals surface area contributed by atoms with E-state index >= 15 is 0 Å². The fourth-order valence-corrected chi connectivity index (χ4v) is 15.5. The first kappa shape index (κ1) is 65.3. The summed E-state index contributed by atoms with van der Waals surface area (Å²) in [4.78, 5) is 48.4. The van der Waals surface area contributed by atoms with Crippen LogP contribution >= 0.6 is 31.9 Å². The summed E-state index contributed by atoms with van der Waals surface area (Å²) in [6, 6.07) is 26.2. The van der Waals surface area contributed by atoms with E-state index < -0.39 is 60.3 Å². The van der Waals surface area contributed by atoms with Gasteiger partial charge in [0.05, 0.1) is 68.5 Å². The minimum atomic E-state index is -5.20.